The van der Waals surface area contributed by atoms with Crippen LogP contribution in [0, 0.1) is 0 Å². The second-order valence-electron chi connectivity index (χ2n) is 5.80. The minimum Gasteiger partial charge on any atom is -0.367 e. The van der Waals surface area contributed by atoms with Gasteiger partial charge in [-0.05, 0) is 6.07 Å². The van der Waals surface area contributed by atoms with Crippen LogP contribution in [0.5, 0.6) is 0 Å². The van der Waals surface area contributed by atoms with Gasteiger partial charge in [0.1, 0.15) is 15.6 Å². The fourth-order valence-electron chi connectivity index (χ4n) is 2.98. The highest BCUT2D eigenvalue weighted by molar-refractivity contribution is 6.42. The number of rotatable bonds is 2. The number of pyridine rings is 1. The largest absolute Gasteiger partial charge is 0.367 e. The number of hydrogen-bond donors (Lipinski definition) is 1. The highest BCUT2D eigenvalue weighted by Gasteiger charge is 2.22. The topological polar surface area (TPSA) is 82.9 Å². The van der Waals surface area contributed by atoms with Crippen molar-refractivity contribution in [2.45, 2.75) is 0 Å². The van der Waals surface area contributed by atoms with Crippen molar-refractivity contribution in [1.29, 1.82) is 0 Å². The molecule has 0 saturated carbocycles. The monoisotopic (exact) mass is 379 g/mol. The van der Waals surface area contributed by atoms with E-state index in [0.29, 0.717) is 40.2 Å². The summed E-state index contributed by atoms with van der Waals surface area (Å²) in [7, 11) is 1.77. The molecule has 0 bridgehead atoms. The Morgan fingerprint density at radius 1 is 1.16 bits per heavy atom. The third-order valence-corrected chi connectivity index (χ3v) is 5.09. The summed E-state index contributed by atoms with van der Waals surface area (Å²) >= 11 is 12.2. The van der Waals surface area contributed by atoms with Gasteiger partial charge in [-0.3, -0.25) is 14.5 Å². The number of piperazine rings is 1. The number of nitrogens with zero attached hydrogens (tertiary/aromatic N) is 6. The number of H-pyrrole nitrogens is 1. The average Bonchev–Trinajstić information content (AvgIpc) is 2.99. The second kappa shape index (κ2) is 6.20. The number of aromatic amines is 1. The molecule has 0 atom stereocenters. The lowest BCUT2D eigenvalue weighted by molar-refractivity contribution is 0.639. The van der Waals surface area contributed by atoms with E-state index in [1.807, 2.05) is 11.0 Å². The minimum atomic E-state index is -0.181. The van der Waals surface area contributed by atoms with Crippen LogP contribution < -0.4 is 15.4 Å². The van der Waals surface area contributed by atoms with Crippen molar-refractivity contribution in [3.8, 4) is 0 Å². The number of anilines is 2. The van der Waals surface area contributed by atoms with Crippen LogP contribution >= 0.6 is 23.2 Å². The first-order valence-electron chi connectivity index (χ1n) is 7.76. The molecule has 25 heavy (non-hydrogen) atoms. The lowest BCUT2D eigenvalue weighted by Gasteiger charge is -2.36. The summed E-state index contributed by atoms with van der Waals surface area (Å²) in [6.45, 7) is 2.85. The van der Waals surface area contributed by atoms with E-state index < -0.39 is 0 Å². The van der Waals surface area contributed by atoms with Crippen molar-refractivity contribution in [2.75, 3.05) is 36.0 Å². The first-order chi connectivity index (χ1) is 12.0. The van der Waals surface area contributed by atoms with Crippen LogP contribution in [0.2, 0.25) is 10.2 Å². The number of aromatic nitrogens is 5. The quantitative estimate of drug-likeness (QED) is 0.682. The molecule has 4 rings (SSSR count). The van der Waals surface area contributed by atoms with Crippen molar-refractivity contribution in [3.63, 3.8) is 0 Å². The molecule has 10 heteroatoms. The van der Waals surface area contributed by atoms with E-state index >= 15 is 0 Å². The SMILES string of the molecule is Cn1ncc2c(=O)[nH]c(N3CCN(c4ccnc(Cl)c4Cl)CC3)nc21. The Morgan fingerprint density at radius 2 is 1.88 bits per heavy atom. The smallest absolute Gasteiger partial charge is 0.263 e. The predicted octanol–water partition coefficient (Wildman–Crippen LogP) is 1.68. The molecule has 8 nitrogen and oxygen atoms in total. The molecule has 1 saturated heterocycles. The van der Waals surface area contributed by atoms with E-state index in [0.717, 1.165) is 18.8 Å². The first-order valence-corrected chi connectivity index (χ1v) is 8.52. The first kappa shape index (κ1) is 16.2. The van der Waals surface area contributed by atoms with E-state index in [9.17, 15) is 4.79 Å². The fourth-order valence-corrected chi connectivity index (χ4v) is 3.37. The van der Waals surface area contributed by atoms with Gasteiger partial charge >= 0.3 is 0 Å². The van der Waals surface area contributed by atoms with Gasteiger partial charge < -0.3 is 9.80 Å². The van der Waals surface area contributed by atoms with Gasteiger partial charge in [0.05, 0.1) is 11.9 Å². The number of aryl methyl sites for hydroxylation is 1. The van der Waals surface area contributed by atoms with Gasteiger partial charge in [0.25, 0.3) is 5.56 Å². The number of fused-ring (bicyclic) bond motifs is 1. The summed E-state index contributed by atoms with van der Waals surface area (Å²) in [6.07, 6.45) is 3.17. The van der Waals surface area contributed by atoms with Crippen LogP contribution in [-0.4, -0.2) is 50.9 Å². The standard InChI is InChI=1S/C15H15Cl2N7O/c1-22-13-9(8-19-22)14(25)21-15(20-13)24-6-4-23(5-7-24)10-2-3-18-12(17)11(10)16/h2-3,8H,4-7H2,1H3,(H,20,21,25). The Morgan fingerprint density at radius 3 is 2.64 bits per heavy atom. The zero-order valence-corrected chi connectivity index (χ0v) is 14.9. The van der Waals surface area contributed by atoms with Gasteiger partial charge in [0, 0.05) is 39.4 Å². The zero-order chi connectivity index (χ0) is 17.6. The minimum absolute atomic E-state index is 0.181. The summed E-state index contributed by atoms with van der Waals surface area (Å²) in [5, 5.41) is 5.33. The van der Waals surface area contributed by atoms with E-state index in [2.05, 4.69) is 25.0 Å². The summed E-state index contributed by atoms with van der Waals surface area (Å²) in [6, 6.07) is 1.85. The highest BCUT2D eigenvalue weighted by Crippen LogP contribution is 2.31. The van der Waals surface area contributed by atoms with Gasteiger partial charge in [0.2, 0.25) is 5.95 Å². The Kier molecular flexibility index (Phi) is 4.01. The van der Waals surface area contributed by atoms with Crippen molar-refractivity contribution in [2.24, 2.45) is 7.05 Å². The summed E-state index contributed by atoms with van der Waals surface area (Å²) in [4.78, 5) is 27.7. The molecule has 0 spiro atoms. The van der Waals surface area contributed by atoms with Gasteiger partial charge in [0.15, 0.2) is 5.65 Å². The average molecular weight is 380 g/mol. The fraction of sp³-hybridized carbons (Fsp3) is 0.333. The third kappa shape index (κ3) is 2.81. The van der Waals surface area contributed by atoms with E-state index in [-0.39, 0.29) is 5.56 Å². The van der Waals surface area contributed by atoms with Crippen molar-refractivity contribution < 1.29 is 0 Å². The Hall–Kier alpha value is -2.32. The number of hydrogen-bond acceptors (Lipinski definition) is 6. The van der Waals surface area contributed by atoms with Crippen LogP contribution in [0.4, 0.5) is 11.6 Å². The Labute approximate surface area is 153 Å². The molecule has 0 radical (unpaired) electrons. The van der Waals surface area contributed by atoms with Gasteiger partial charge in [-0.15, -0.1) is 0 Å². The van der Waals surface area contributed by atoms with Crippen molar-refractivity contribution in [3.05, 3.63) is 39.0 Å². The van der Waals surface area contributed by atoms with Crippen molar-refractivity contribution >= 4 is 45.9 Å². The Bertz CT molecular complexity index is 991. The van der Waals surface area contributed by atoms with Crippen LogP contribution in [0.3, 0.4) is 0 Å². The molecule has 1 aliphatic rings. The molecule has 1 N–H and O–H groups in total. The van der Waals surface area contributed by atoms with Crippen LogP contribution in [0.25, 0.3) is 11.0 Å². The molecule has 0 aromatic carbocycles. The molecule has 4 heterocycles. The van der Waals surface area contributed by atoms with Gasteiger partial charge in [-0.1, -0.05) is 23.2 Å². The molecule has 0 aliphatic carbocycles. The molecule has 1 aliphatic heterocycles. The van der Waals surface area contributed by atoms with E-state index in [1.165, 1.54) is 6.20 Å². The van der Waals surface area contributed by atoms with Crippen LogP contribution in [-0.2, 0) is 7.05 Å². The maximum atomic E-state index is 12.2. The second-order valence-corrected chi connectivity index (χ2v) is 6.54. The maximum absolute atomic E-state index is 12.2. The number of halogens is 2. The molecule has 1 fully saturated rings. The molecule has 0 unspecified atom stereocenters. The summed E-state index contributed by atoms with van der Waals surface area (Å²) in [5.41, 5.74) is 1.26. The van der Waals surface area contributed by atoms with Crippen LogP contribution in [0.1, 0.15) is 0 Å². The third-order valence-electron chi connectivity index (χ3n) is 4.34. The predicted molar refractivity (Wildman–Crippen MR) is 97.8 cm³/mol. The highest BCUT2D eigenvalue weighted by atomic mass is 35.5. The van der Waals surface area contributed by atoms with Gasteiger partial charge in [-0.2, -0.15) is 10.1 Å². The zero-order valence-electron chi connectivity index (χ0n) is 13.4. The summed E-state index contributed by atoms with van der Waals surface area (Å²) < 4.78 is 1.60. The van der Waals surface area contributed by atoms with E-state index in [1.54, 1.807) is 17.9 Å². The maximum Gasteiger partial charge on any atom is 0.263 e. The molecular weight excluding hydrogens is 365 g/mol. The molecular formula is C15H15Cl2N7O. The van der Waals surface area contributed by atoms with Crippen molar-refractivity contribution in [1.82, 2.24) is 24.7 Å². The van der Waals surface area contributed by atoms with Gasteiger partial charge in [-0.25, -0.2) is 4.98 Å². The lowest BCUT2D eigenvalue weighted by Crippen LogP contribution is -2.47. The summed E-state index contributed by atoms with van der Waals surface area (Å²) in [5.74, 6) is 0.555. The molecule has 3 aromatic rings. The van der Waals surface area contributed by atoms with E-state index in [4.69, 9.17) is 23.2 Å². The molecule has 130 valence electrons. The molecule has 3 aromatic heterocycles. The lowest BCUT2D eigenvalue weighted by atomic mass is 10.2. The Balaban J connectivity index is 1.57. The number of nitrogens with one attached hydrogen (secondary N) is 1. The molecule has 0 amide bonds. The normalized spacial score (nSPS) is 15.2. The van der Waals surface area contributed by atoms with Crippen LogP contribution in [0.15, 0.2) is 23.3 Å².